The second kappa shape index (κ2) is 12.5. The highest BCUT2D eigenvalue weighted by atomic mass is 16.5. The van der Waals surface area contributed by atoms with Gasteiger partial charge in [0.25, 0.3) is 0 Å². The number of ether oxygens (including phenoxy) is 1. The standard InChI is InChI=1S/C32H53NO6/c1-20(7-4-5-9-28(34)35)24-13-14-25-23-12-11-21-19-22(39-30(38)27(33)8-6-10-29(36)37)15-17-31(21,2)26(23)16-18-32(24,25)3/h20-27H,4-19,33H2,1-3H3,(H,34,35)(H,36,37)/t20-,21?,22-,23?,24?,25?,26?,27-,31+,32-/m1/s1. The topological polar surface area (TPSA) is 127 Å². The Morgan fingerprint density at radius 2 is 1.51 bits per heavy atom. The molecular weight excluding hydrogens is 494 g/mol. The Hall–Kier alpha value is -1.63. The summed E-state index contributed by atoms with van der Waals surface area (Å²) in [6.45, 7) is 7.54. The van der Waals surface area contributed by atoms with Gasteiger partial charge in [-0.15, -0.1) is 0 Å². The summed E-state index contributed by atoms with van der Waals surface area (Å²) in [6.07, 6.45) is 14.7. The Kier molecular flexibility index (Phi) is 9.71. The molecule has 4 rings (SSSR count). The summed E-state index contributed by atoms with van der Waals surface area (Å²) in [7, 11) is 0. The smallest absolute Gasteiger partial charge is 0.323 e. The van der Waals surface area contributed by atoms with Crippen LogP contribution in [0.25, 0.3) is 0 Å². The van der Waals surface area contributed by atoms with Gasteiger partial charge in [-0.3, -0.25) is 14.4 Å². The first-order valence-electron chi connectivity index (χ1n) is 15.9. The van der Waals surface area contributed by atoms with E-state index in [4.69, 9.17) is 20.7 Å². The summed E-state index contributed by atoms with van der Waals surface area (Å²) in [5.41, 5.74) is 6.75. The van der Waals surface area contributed by atoms with E-state index in [1.807, 2.05) is 0 Å². The third kappa shape index (κ3) is 6.49. The van der Waals surface area contributed by atoms with Crippen LogP contribution in [0.3, 0.4) is 0 Å². The number of hydrogen-bond acceptors (Lipinski definition) is 5. The van der Waals surface area contributed by atoms with E-state index in [0.29, 0.717) is 41.9 Å². The molecule has 4 N–H and O–H groups in total. The SMILES string of the molecule is C[C@H](CCCCC(=O)O)C1CCC2C3CCC4C[C@H](OC(=O)[C@H](N)CCCC(=O)O)CC[C@]4(C)C3CC[C@@]21C. The Bertz CT molecular complexity index is 892. The minimum absolute atomic E-state index is 0.0277. The van der Waals surface area contributed by atoms with E-state index in [2.05, 4.69) is 20.8 Å². The molecule has 0 spiro atoms. The Morgan fingerprint density at radius 3 is 2.23 bits per heavy atom. The number of esters is 1. The molecular formula is C32H53NO6. The number of hydrogen-bond donors (Lipinski definition) is 3. The summed E-state index contributed by atoms with van der Waals surface area (Å²) in [5, 5.41) is 17.8. The zero-order valence-corrected chi connectivity index (χ0v) is 24.5. The third-order valence-corrected chi connectivity index (χ3v) is 12.2. The van der Waals surface area contributed by atoms with Gasteiger partial charge in [-0.2, -0.15) is 0 Å². The number of fused-ring (bicyclic) bond motifs is 5. The van der Waals surface area contributed by atoms with Crippen LogP contribution in [-0.2, 0) is 19.1 Å². The molecule has 0 bridgehead atoms. The van der Waals surface area contributed by atoms with E-state index in [0.717, 1.165) is 62.2 Å². The van der Waals surface area contributed by atoms with Crippen molar-refractivity contribution >= 4 is 17.9 Å². The molecule has 7 nitrogen and oxygen atoms in total. The number of aliphatic carboxylic acids is 2. The molecule has 4 saturated carbocycles. The molecule has 0 radical (unpaired) electrons. The maximum absolute atomic E-state index is 12.6. The van der Waals surface area contributed by atoms with Crippen LogP contribution in [0.5, 0.6) is 0 Å². The zero-order valence-electron chi connectivity index (χ0n) is 24.5. The lowest BCUT2D eigenvalue weighted by molar-refractivity contribution is -0.164. The normalized spacial score (nSPS) is 39.1. The Balaban J connectivity index is 1.32. The van der Waals surface area contributed by atoms with Crippen molar-refractivity contribution in [1.82, 2.24) is 0 Å². The fourth-order valence-electron chi connectivity index (χ4n) is 10.1. The average Bonchev–Trinajstić information content (AvgIpc) is 3.23. The maximum Gasteiger partial charge on any atom is 0.323 e. The number of carbonyl (C=O) groups is 3. The van der Waals surface area contributed by atoms with E-state index in [-0.39, 0.29) is 18.5 Å². The molecule has 0 heterocycles. The quantitative estimate of drug-likeness (QED) is 0.190. The summed E-state index contributed by atoms with van der Waals surface area (Å²) in [5.74, 6) is 2.46. The van der Waals surface area contributed by atoms with Gasteiger partial charge in [-0.25, -0.2) is 0 Å². The largest absolute Gasteiger partial charge is 0.481 e. The van der Waals surface area contributed by atoms with Crippen molar-refractivity contribution < 1.29 is 29.3 Å². The minimum atomic E-state index is -0.864. The van der Waals surface area contributed by atoms with E-state index < -0.39 is 18.0 Å². The molecule has 10 atom stereocenters. The predicted octanol–water partition coefficient (Wildman–Crippen LogP) is 6.42. The lowest BCUT2D eigenvalue weighted by Gasteiger charge is -2.61. The fraction of sp³-hybridized carbons (Fsp3) is 0.906. The summed E-state index contributed by atoms with van der Waals surface area (Å²) >= 11 is 0. The van der Waals surface area contributed by atoms with Gasteiger partial charge < -0.3 is 20.7 Å². The molecule has 0 aromatic carbocycles. The number of unbranched alkanes of at least 4 members (excludes halogenated alkanes) is 1. The highest BCUT2D eigenvalue weighted by Gasteiger charge is 2.60. The van der Waals surface area contributed by atoms with Gasteiger partial charge in [0.2, 0.25) is 0 Å². The van der Waals surface area contributed by atoms with Crippen LogP contribution in [0.15, 0.2) is 0 Å². The van der Waals surface area contributed by atoms with E-state index >= 15 is 0 Å². The lowest BCUT2D eigenvalue weighted by Crippen LogP contribution is -2.54. The van der Waals surface area contributed by atoms with Crippen LogP contribution in [-0.4, -0.2) is 40.3 Å². The van der Waals surface area contributed by atoms with Crippen molar-refractivity contribution in [2.24, 2.45) is 52.1 Å². The van der Waals surface area contributed by atoms with Crippen LogP contribution in [0, 0.1) is 46.3 Å². The van der Waals surface area contributed by atoms with Crippen LogP contribution in [0.1, 0.15) is 124 Å². The zero-order chi connectivity index (χ0) is 28.4. The average molecular weight is 548 g/mol. The maximum atomic E-state index is 12.6. The van der Waals surface area contributed by atoms with Crippen molar-refractivity contribution in [1.29, 1.82) is 0 Å². The van der Waals surface area contributed by atoms with Gasteiger partial charge in [0.1, 0.15) is 12.1 Å². The highest BCUT2D eigenvalue weighted by molar-refractivity contribution is 5.75. The van der Waals surface area contributed by atoms with Crippen LogP contribution in [0.2, 0.25) is 0 Å². The predicted molar refractivity (Wildman–Crippen MR) is 150 cm³/mol. The van der Waals surface area contributed by atoms with Crippen molar-refractivity contribution in [2.45, 2.75) is 136 Å². The van der Waals surface area contributed by atoms with Crippen molar-refractivity contribution in [3.63, 3.8) is 0 Å². The van der Waals surface area contributed by atoms with Gasteiger partial charge in [0.15, 0.2) is 0 Å². The molecule has 4 aliphatic rings. The molecule has 4 aliphatic carbocycles. The van der Waals surface area contributed by atoms with Crippen LogP contribution in [0.4, 0.5) is 0 Å². The molecule has 39 heavy (non-hydrogen) atoms. The van der Waals surface area contributed by atoms with E-state index in [9.17, 15) is 14.4 Å². The van der Waals surface area contributed by atoms with Crippen LogP contribution < -0.4 is 5.73 Å². The monoisotopic (exact) mass is 547 g/mol. The van der Waals surface area contributed by atoms with Gasteiger partial charge in [0, 0.05) is 12.8 Å². The van der Waals surface area contributed by atoms with Gasteiger partial charge in [-0.05, 0) is 123 Å². The number of carboxylic acid groups (broad SMARTS) is 2. The number of carboxylic acids is 2. The Labute approximate surface area is 235 Å². The summed E-state index contributed by atoms with van der Waals surface area (Å²) in [6, 6.07) is -0.737. The van der Waals surface area contributed by atoms with Gasteiger partial charge >= 0.3 is 17.9 Å². The minimum Gasteiger partial charge on any atom is -0.481 e. The van der Waals surface area contributed by atoms with Crippen molar-refractivity contribution in [3.05, 3.63) is 0 Å². The summed E-state index contributed by atoms with van der Waals surface area (Å²) in [4.78, 5) is 34.2. The van der Waals surface area contributed by atoms with E-state index in [1.54, 1.807) is 0 Å². The van der Waals surface area contributed by atoms with Crippen molar-refractivity contribution in [3.8, 4) is 0 Å². The number of nitrogens with two attached hydrogens (primary N) is 1. The molecule has 0 aromatic heterocycles. The molecule has 0 saturated heterocycles. The molecule has 0 aliphatic heterocycles. The molecule has 0 aromatic rings. The van der Waals surface area contributed by atoms with Gasteiger partial charge in [0.05, 0.1) is 0 Å². The second-order valence-electron chi connectivity index (χ2n) is 14.2. The number of carbonyl (C=O) groups excluding carboxylic acids is 1. The van der Waals surface area contributed by atoms with Crippen molar-refractivity contribution in [2.75, 3.05) is 0 Å². The first-order valence-corrected chi connectivity index (χ1v) is 15.9. The fourth-order valence-corrected chi connectivity index (χ4v) is 10.1. The Morgan fingerprint density at radius 1 is 0.846 bits per heavy atom. The molecule has 5 unspecified atom stereocenters. The number of rotatable bonds is 12. The summed E-state index contributed by atoms with van der Waals surface area (Å²) < 4.78 is 5.88. The van der Waals surface area contributed by atoms with Crippen LogP contribution >= 0.6 is 0 Å². The highest BCUT2D eigenvalue weighted by Crippen LogP contribution is 2.68. The van der Waals surface area contributed by atoms with Gasteiger partial charge in [-0.1, -0.05) is 33.6 Å². The second-order valence-corrected chi connectivity index (χ2v) is 14.2. The molecule has 0 amide bonds. The lowest BCUT2D eigenvalue weighted by atomic mass is 9.44. The first kappa shape index (κ1) is 30.3. The third-order valence-electron chi connectivity index (χ3n) is 12.2. The molecule has 7 heteroatoms. The molecule has 222 valence electrons. The first-order chi connectivity index (χ1) is 18.5. The molecule has 4 fully saturated rings. The van der Waals surface area contributed by atoms with E-state index in [1.165, 1.54) is 38.5 Å².